The largest absolute Gasteiger partial charge is 0.369 e. The van der Waals surface area contributed by atoms with Gasteiger partial charge in [0.15, 0.2) is 0 Å². The minimum atomic E-state index is -3.41. The molecule has 1 aromatic carbocycles. The molecular formula is C14H16N4O4S. The first-order valence-electron chi connectivity index (χ1n) is 6.82. The van der Waals surface area contributed by atoms with Gasteiger partial charge >= 0.3 is 0 Å². The third-order valence-electron chi connectivity index (χ3n) is 2.91. The highest BCUT2D eigenvalue weighted by Gasteiger charge is 2.10. The average Bonchev–Trinajstić information content (AvgIpc) is 2.52. The molecule has 0 amide bonds. The first-order valence-corrected chi connectivity index (χ1v) is 8.47. The van der Waals surface area contributed by atoms with E-state index in [1.54, 1.807) is 24.3 Å². The predicted molar refractivity (Wildman–Crippen MR) is 86.4 cm³/mol. The molecule has 2 N–H and O–H groups in total. The molecule has 0 radical (unpaired) electrons. The Kier molecular flexibility index (Phi) is 5.61. The van der Waals surface area contributed by atoms with E-state index in [1.807, 2.05) is 6.07 Å². The van der Waals surface area contributed by atoms with E-state index in [0.717, 1.165) is 6.20 Å². The number of nitro groups is 1. The van der Waals surface area contributed by atoms with Crippen LogP contribution in [0.15, 0.2) is 48.7 Å². The van der Waals surface area contributed by atoms with Gasteiger partial charge < -0.3 is 5.32 Å². The minimum Gasteiger partial charge on any atom is -0.369 e. The van der Waals surface area contributed by atoms with Gasteiger partial charge in [0.25, 0.3) is 5.69 Å². The van der Waals surface area contributed by atoms with Crippen molar-refractivity contribution < 1.29 is 13.3 Å². The van der Waals surface area contributed by atoms with Gasteiger partial charge in [-0.25, -0.2) is 18.1 Å². The number of benzene rings is 1. The zero-order valence-electron chi connectivity index (χ0n) is 12.2. The monoisotopic (exact) mass is 336 g/mol. The van der Waals surface area contributed by atoms with Gasteiger partial charge in [0.05, 0.1) is 10.7 Å². The van der Waals surface area contributed by atoms with Crippen LogP contribution in [0.2, 0.25) is 0 Å². The molecule has 0 atom stereocenters. The van der Waals surface area contributed by atoms with Crippen molar-refractivity contribution in [1.29, 1.82) is 0 Å². The van der Waals surface area contributed by atoms with E-state index >= 15 is 0 Å². The first kappa shape index (κ1) is 16.8. The zero-order chi connectivity index (χ0) is 16.7. The second-order valence-electron chi connectivity index (χ2n) is 4.72. The quantitative estimate of drug-likeness (QED) is 0.429. The van der Waals surface area contributed by atoms with Gasteiger partial charge in [-0.2, -0.15) is 0 Å². The van der Waals surface area contributed by atoms with Crippen LogP contribution in [0.4, 0.5) is 11.5 Å². The minimum absolute atomic E-state index is 0.0797. The van der Waals surface area contributed by atoms with E-state index in [1.165, 1.54) is 12.1 Å². The molecule has 8 nitrogen and oxygen atoms in total. The zero-order valence-corrected chi connectivity index (χ0v) is 13.0. The van der Waals surface area contributed by atoms with Gasteiger partial charge in [-0.3, -0.25) is 10.1 Å². The van der Waals surface area contributed by atoms with Crippen molar-refractivity contribution in [2.24, 2.45) is 0 Å². The summed E-state index contributed by atoms with van der Waals surface area (Å²) >= 11 is 0. The number of rotatable bonds is 8. The fourth-order valence-electron chi connectivity index (χ4n) is 1.84. The van der Waals surface area contributed by atoms with Crippen LogP contribution < -0.4 is 10.0 Å². The van der Waals surface area contributed by atoms with Gasteiger partial charge in [0.2, 0.25) is 10.0 Å². The predicted octanol–water partition coefficient (Wildman–Crippen LogP) is 1.52. The van der Waals surface area contributed by atoms with Crippen LogP contribution in [0.25, 0.3) is 0 Å². The molecule has 23 heavy (non-hydrogen) atoms. The standard InChI is InChI=1S/C14H16N4O4S/c19-18(20)13-6-7-14(16-10-13)15-8-9-17-23(21,22)11-12-4-2-1-3-5-12/h1-7,10,17H,8-9,11H2,(H,15,16). The lowest BCUT2D eigenvalue weighted by molar-refractivity contribution is -0.385. The Balaban J connectivity index is 1.77. The van der Waals surface area contributed by atoms with Crippen molar-refractivity contribution in [3.63, 3.8) is 0 Å². The molecule has 0 aliphatic rings. The molecule has 0 spiro atoms. The first-order chi connectivity index (χ1) is 11.0. The maximum Gasteiger partial charge on any atom is 0.287 e. The summed E-state index contributed by atoms with van der Waals surface area (Å²) in [5.74, 6) is 0.363. The van der Waals surface area contributed by atoms with Gasteiger partial charge in [0.1, 0.15) is 12.0 Å². The SMILES string of the molecule is O=[N+]([O-])c1ccc(NCCNS(=O)(=O)Cc2ccccc2)nc1. The van der Waals surface area contributed by atoms with E-state index in [4.69, 9.17) is 0 Å². The van der Waals surface area contributed by atoms with E-state index in [-0.39, 0.29) is 18.0 Å². The number of anilines is 1. The molecule has 122 valence electrons. The summed E-state index contributed by atoms with van der Waals surface area (Å²) in [5.41, 5.74) is 0.615. The number of pyridine rings is 1. The van der Waals surface area contributed by atoms with Crippen molar-refractivity contribution in [2.75, 3.05) is 18.4 Å². The molecule has 0 saturated carbocycles. The lowest BCUT2D eigenvalue weighted by atomic mass is 10.2. The molecule has 2 aromatic rings. The lowest BCUT2D eigenvalue weighted by Crippen LogP contribution is -2.30. The van der Waals surface area contributed by atoms with Crippen molar-refractivity contribution >= 4 is 21.5 Å². The fourth-order valence-corrected chi connectivity index (χ4v) is 2.99. The molecule has 1 heterocycles. The summed E-state index contributed by atoms with van der Waals surface area (Å²) < 4.78 is 26.3. The third-order valence-corrected chi connectivity index (χ3v) is 4.27. The van der Waals surface area contributed by atoms with E-state index < -0.39 is 14.9 Å². The Morgan fingerprint density at radius 3 is 2.43 bits per heavy atom. The summed E-state index contributed by atoms with van der Waals surface area (Å²) in [6.07, 6.45) is 1.14. The molecular weight excluding hydrogens is 320 g/mol. The Morgan fingerprint density at radius 1 is 1.09 bits per heavy atom. The maximum absolute atomic E-state index is 11.9. The molecule has 0 unspecified atom stereocenters. The molecule has 0 aliphatic carbocycles. The molecule has 0 fully saturated rings. The van der Waals surface area contributed by atoms with Gasteiger partial charge in [-0.05, 0) is 11.6 Å². The number of aromatic nitrogens is 1. The van der Waals surface area contributed by atoms with Gasteiger partial charge in [-0.1, -0.05) is 30.3 Å². The summed E-state index contributed by atoms with van der Waals surface area (Å²) in [4.78, 5) is 13.8. The van der Waals surface area contributed by atoms with Crippen LogP contribution in [0.1, 0.15) is 5.56 Å². The molecule has 0 bridgehead atoms. The third kappa shape index (κ3) is 5.64. The average molecular weight is 336 g/mol. The molecule has 2 rings (SSSR count). The highest BCUT2D eigenvalue weighted by molar-refractivity contribution is 7.88. The normalized spacial score (nSPS) is 11.1. The Labute approximate surface area is 133 Å². The van der Waals surface area contributed by atoms with Crippen LogP contribution in [-0.2, 0) is 15.8 Å². The summed E-state index contributed by atoms with van der Waals surface area (Å²) in [6.45, 7) is 0.507. The van der Waals surface area contributed by atoms with Gasteiger partial charge in [0, 0.05) is 19.2 Å². The fraction of sp³-hybridized carbons (Fsp3) is 0.214. The maximum atomic E-state index is 11.9. The van der Waals surface area contributed by atoms with Crippen LogP contribution >= 0.6 is 0 Å². The van der Waals surface area contributed by atoms with Crippen LogP contribution in [-0.4, -0.2) is 31.4 Å². The van der Waals surface area contributed by atoms with Crippen LogP contribution in [0.3, 0.4) is 0 Å². The lowest BCUT2D eigenvalue weighted by Gasteiger charge is -2.08. The molecule has 9 heteroatoms. The molecule has 0 aliphatic heterocycles. The number of hydrogen-bond donors (Lipinski definition) is 2. The number of sulfonamides is 1. The number of nitrogens with zero attached hydrogens (tertiary/aromatic N) is 2. The van der Waals surface area contributed by atoms with E-state index in [2.05, 4.69) is 15.0 Å². The van der Waals surface area contributed by atoms with Gasteiger partial charge in [-0.15, -0.1) is 0 Å². The van der Waals surface area contributed by atoms with E-state index in [9.17, 15) is 18.5 Å². The Bertz CT molecular complexity index is 748. The van der Waals surface area contributed by atoms with Crippen molar-refractivity contribution in [3.05, 3.63) is 64.3 Å². The highest BCUT2D eigenvalue weighted by atomic mass is 32.2. The number of nitrogens with one attached hydrogen (secondary N) is 2. The molecule has 0 saturated heterocycles. The Hall–Kier alpha value is -2.52. The van der Waals surface area contributed by atoms with E-state index in [0.29, 0.717) is 17.9 Å². The topological polar surface area (TPSA) is 114 Å². The summed E-state index contributed by atoms with van der Waals surface area (Å²) in [6, 6.07) is 11.7. The van der Waals surface area contributed by atoms with Crippen LogP contribution in [0.5, 0.6) is 0 Å². The molecule has 1 aromatic heterocycles. The Morgan fingerprint density at radius 2 is 1.83 bits per heavy atom. The second kappa shape index (κ2) is 7.65. The van der Waals surface area contributed by atoms with Crippen molar-refractivity contribution in [1.82, 2.24) is 9.71 Å². The van der Waals surface area contributed by atoms with Crippen molar-refractivity contribution in [3.8, 4) is 0 Å². The smallest absolute Gasteiger partial charge is 0.287 e. The highest BCUT2D eigenvalue weighted by Crippen LogP contribution is 2.11. The number of hydrogen-bond acceptors (Lipinski definition) is 6. The van der Waals surface area contributed by atoms with Crippen LogP contribution in [0, 0.1) is 10.1 Å². The summed E-state index contributed by atoms with van der Waals surface area (Å²) in [7, 11) is -3.41. The van der Waals surface area contributed by atoms with Crippen molar-refractivity contribution in [2.45, 2.75) is 5.75 Å². The second-order valence-corrected chi connectivity index (χ2v) is 6.53. The summed E-state index contributed by atoms with van der Waals surface area (Å²) in [5, 5.41) is 13.4.